The van der Waals surface area contributed by atoms with E-state index in [-0.39, 0.29) is 12.4 Å². The average molecular weight is 168 g/mol. The highest BCUT2D eigenvalue weighted by atomic mass is 19.1. The standard InChI is InChI=1S/C9H13FN2/c10-9-2-1-7(3-4-11)5-8(9)6-12/h1-2,5H,3-4,6,11-12H2. The van der Waals surface area contributed by atoms with Crippen LogP contribution < -0.4 is 11.5 Å². The molecule has 66 valence electrons. The minimum atomic E-state index is -0.238. The van der Waals surface area contributed by atoms with Crippen LogP contribution >= 0.6 is 0 Å². The summed E-state index contributed by atoms with van der Waals surface area (Å²) in [5.74, 6) is -0.238. The number of rotatable bonds is 3. The van der Waals surface area contributed by atoms with Crippen LogP contribution in [0.25, 0.3) is 0 Å². The summed E-state index contributed by atoms with van der Waals surface area (Å²) >= 11 is 0. The Balaban J connectivity index is 2.89. The van der Waals surface area contributed by atoms with Gasteiger partial charge in [-0.3, -0.25) is 0 Å². The first-order valence-electron chi connectivity index (χ1n) is 3.95. The van der Waals surface area contributed by atoms with Gasteiger partial charge in [0.15, 0.2) is 0 Å². The van der Waals surface area contributed by atoms with E-state index in [4.69, 9.17) is 11.5 Å². The molecule has 0 unspecified atom stereocenters. The molecule has 2 nitrogen and oxygen atoms in total. The maximum absolute atomic E-state index is 12.9. The Morgan fingerprint density at radius 1 is 1.25 bits per heavy atom. The molecule has 12 heavy (non-hydrogen) atoms. The molecule has 0 fully saturated rings. The van der Waals surface area contributed by atoms with E-state index < -0.39 is 0 Å². The highest BCUT2D eigenvalue weighted by molar-refractivity contribution is 5.25. The van der Waals surface area contributed by atoms with Gasteiger partial charge in [0.05, 0.1) is 0 Å². The Morgan fingerprint density at radius 2 is 2.00 bits per heavy atom. The van der Waals surface area contributed by atoms with Crippen molar-refractivity contribution in [1.82, 2.24) is 0 Å². The van der Waals surface area contributed by atoms with Gasteiger partial charge in [-0.1, -0.05) is 12.1 Å². The Kier molecular flexibility index (Phi) is 3.19. The fourth-order valence-electron chi connectivity index (χ4n) is 1.11. The minimum Gasteiger partial charge on any atom is -0.330 e. The molecule has 0 radical (unpaired) electrons. The zero-order valence-electron chi connectivity index (χ0n) is 6.89. The third-order valence-electron chi connectivity index (χ3n) is 1.76. The number of halogens is 1. The molecule has 0 aliphatic rings. The van der Waals surface area contributed by atoms with E-state index in [0.717, 1.165) is 12.0 Å². The first-order valence-corrected chi connectivity index (χ1v) is 3.95. The molecule has 0 aromatic heterocycles. The lowest BCUT2D eigenvalue weighted by Crippen LogP contribution is -2.05. The van der Waals surface area contributed by atoms with Crippen molar-refractivity contribution in [3.8, 4) is 0 Å². The molecule has 0 aliphatic carbocycles. The van der Waals surface area contributed by atoms with Crippen molar-refractivity contribution in [2.45, 2.75) is 13.0 Å². The lowest BCUT2D eigenvalue weighted by atomic mass is 10.1. The molecule has 0 saturated heterocycles. The molecule has 0 spiro atoms. The molecule has 4 N–H and O–H groups in total. The molecule has 1 aromatic carbocycles. The predicted molar refractivity (Wildman–Crippen MR) is 47.0 cm³/mol. The topological polar surface area (TPSA) is 52.0 Å². The second-order valence-electron chi connectivity index (χ2n) is 2.67. The summed E-state index contributed by atoms with van der Waals surface area (Å²) in [6.45, 7) is 0.819. The van der Waals surface area contributed by atoms with Crippen molar-refractivity contribution < 1.29 is 4.39 Å². The summed E-state index contributed by atoms with van der Waals surface area (Å²) in [5.41, 5.74) is 12.3. The quantitative estimate of drug-likeness (QED) is 0.701. The van der Waals surface area contributed by atoms with Crippen LogP contribution in [-0.2, 0) is 13.0 Å². The highest BCUT2D eigenvalue weighted by Gasteiger charge is 2.00. The molecular weight excluding hydrogens is 155 g/mol. The Morgan fingerprint density at radius 3 is 2.58 bits per heavy atom. The molecule has 1 rings (SSSR count). The molecule has 1 aromatic rings. The molecule has 0 amide bonds. The van der Waals surface area contributed by atoms with Crippen LogP contribution in [0.5, 0.6) is 0 Å². The van der Waals surface area contributed by atoms with Crippen molar-refractivity contribution in [2.24, 2.45) is 11.5 Å². The average Bonchev–Trinajstić information content (AvgIpc) is 2.09. The van der Waals surface area contributed by atoms with Crippen molar-refractivity contribution in [1.29, 1.82) is 0 Å². The van der Waals surface area contributed by atoms with Gasteiger partial charge in [0.2, 0.25) is 0 Å². The highest BCUT2D eigenvalue weighted by Crippen LogP contribution is 2.09. The second kappa shape index (κ2) is 4.18. The summed E-state index contributed by atoms with van der Waals surface area (Å²) in [4.78, 5) is 0. The minimum absolute atomic E-state index is 0.238. The molecule has 0 bridgehead atoms. The van der Waals surface area contributed by atoms with Gasteiger partial charge >= 0.3 is 0 Å². The van der Waals surface area contributed by atoms with Crippen LogP contribution in [0.4, 0.5) is 4.39 Å². The summed E-state index contributed by atoms with van der Waals surface area (Å²) in [6.07, 6.45) is 0.771. The number of benzene rings is 1. The van der Waals surface area contributed by atoms with Gasteiger partial charge in [0, 0.05) is 12.1 Å². The normalized spacial score (nSPS) is 10.2. The Labute approximate surface area is 71.4 Å². The van der Waals surface area contributed by atoms with Crippen molar-refractivity contribution in [2.75, 3.05) is 6.54 Å². The van der Waals surface area contributed by atoms with Crippen LogP contribution in [-0.4, -0.2) is 6.54 Å². The van der Waals surface area contributed by atoms with Crippen LogP contribution in [0.1, 0.15) is 11.1 Å². The van der Waals surface area contributed by atoms with E-state index >= 15 is 0 Å². The number of hydrogen-bond acceptors (Lipinski definition) is 2. The lowest BCUT2D eigenvalue weighted by Gasteiger charge is -2.02. The van der Waals surface area contributed by atoms with E-state index in [0.29, 0.717) is 12.1 Å². The first kappa shape index (κ1) is 9.16. The predicted octanol–water partition coefficient (Wildman–Crippen LogP) is 0.786. The van der Waals surface area contributed by atoms with Gasteiger partial charge in [-0.15, -0.1) is 0 Å². The Bertz CT molecular complexity index is 261. The van der Waals surface area contributed by atoms with Gasteiger partial charge < -0.3 is 11.5 Å². The maximum Gasteiger partial charge on any atom is 0.127 e. The fraction of sp³-hybridized carbons (Fsp3) is 0.333. The number of nitrogens with two attached hydrogens (primary N) is 2. The SMILES string of the molecule is NCCc1ccc(F)c(CN)c1. The summed E-state index contributed by atoms with van der Waals surface area (Å²) in [7, 11) is 0. The third-order valence-corrected chi connectivity index (χ3v) is 1.76. The molecule has 0 saturated carbocycles. The fourth-order valence-corrected chi connectivity index (χ4v) is 1.11. The zero-order chi connectivity index (χ0) is 8.97. The maximum atomic E-state index is 12.9. The molecule has 0 aliphatic heterocycles. The zero-order valence-corrected chi connectivity index (χ0v) is 6.89. The third kappa shape index (κ3) is 2.03. The largest absolute Gasteiger partial charge is 0.330 e. The van der Waals surface area contributed by atoms with E-state index in [1.54, 1.807) is 12.1 Å². The van der Waals surface area contributed by atoms with Gasteiger partial charge in [-0.25, -0.2) is 4.39 Å². The van der Waals surface area contributed by atoms with Crippen molar-refractivity contribution >= 4 is 0 Å². The lowest BCUT2D eigenvalue weighted by molar-refractivity contribution is 0.609. The van der Waals surface area contributed by atoms with Crippen molar-refractivity contribution in [3.63, 3.8) is 0 Å². The second-order valence-corrected chi connectivity index (χ2v) is 2.67. The van der Waals surface area contributed by atoms with Gasteiger partial charge in [0.1, 0.15) is 5.82 Å². The molecule has 3 heteroatoms. The van der Waals surface area contributed by atoms with E-state index in [1.807, 2.05) is 0 Å². The monoisotopic (exact) mass is 168 g/mol. The van der Waals surface area contributed by atoms with Gasteiger partial charge in [0.25, 0.3) is 0 Å². The van der Waals surface area contributed by atoms with E-state index in [1.165, 1.54) is 6.07 Å². The molecule has 0 heterocycles. The number of hydrogen-bond donors (Lipinski definition) is 2. The van der Waals surface area contributed by atoms with Crippen LogP contribution in [0.15, 0.2) is 18.2 Å². The van der Waals surface area contributed by atoms with E-state index in [9.17, 15) is 4.39 Å². The molecule has 0 atom stereocenters. The Hall–Kier alpha value is -0.930. The smallest absolute Gasteiger partial charge is 0.127 e. The van der Waals surface area contributed by atoms with Crippen LogP contribution in [0.2, 0.25) is 0 Å². The summed E-state index contributed by atoms with van der Waals surface area (Å²) < 4.78 is 12.9. The first-order chi connectivity index (χ1) is 5.77. The van der Waals surface area contributed by atoms with Gasteiger partial charge in [-0.05, 0) is 24.6 Å². The van der Waals surface area contributed by atoms with Crippen LogP contribution in [0.3, 0.4) is 0 Å². The van der Waals surface area contributed by atoms with Crippen LogP contribution in [0, 0.1) is 5.82 Å². The summed E-state index contributed by atoms with van der Waals surface area (Å²) in [5, 5.41) is 0. The summed E-state index contributed by atoms with van der Waals surface area (Å²) in [6, 6.07) is 4.94. The van der Waals surface area contributed by atoms with Crippen molar-refractivity contribution in [3.05, 3.63) is 35.1 Å². The van der Waals surface area contributed by atoms with E-state index in [2.05, 4.69) is 0 Å². The van der Waals surface area contributed by atoms with Gasteiger partial charge in [-0.2, -0.15) is 0 Å². The molecular formula is C9H13FN2.